The summed E-state index contributed by atoms with van der Waals surface area (Å²) >= 11 is 6.79. The van der Waals surface area contributed by atoms with Crippen molar-refractivity contribution >= 4 is 31.9 Å². The predicted octanol–water partition coefficient (Wildman–Crippen LogP) is 4.45. The minimum atomic E-state index is -0.197. The van der Waals surface area contributed by atoms with E-state index in [4.69, 9.17) is 4.74 Å². The Kier molecular flexibility index (Phi) is 4.35. The zero-order valence-corrected chi connectivity index (χ0v) is 13.2. The zero-order valence-electron chi connectivity index (χ0n) is 10.0. The van der Waals surface area contributed by atoms with Crippen LogP contribution in [-0.2, 0) is 0 Å². The molecule has 2 rings (SSSR count). The van der Waals surface area contributed by atoms with Crippen LogP contribution in [0.1, 0.15) is 24.4 Å². The highest BCUT2D eigenvalue weighted by Crippen LogP contribution is 2.29. The second-order valence-electron chi connectivity index (χ2n) is 3.95. The van der Waals surface area contributed by atoms with Crippen molar-refractivity contribution in [3.8, 4) is 5.75 Å². The third-order valence-electron chi connectivity index (χ3n) is 2.40. The van der Waals surface area contributed by atoms with Crippen LogP contribution < -0.4 is 4.74 Å². The van der Waals surface area contributed by atoms with Crippen LogP contribution in [0.25, 0.3) is 0 Å². The van der Waals surface area contributed by atoms with Gasteiger partial charge in [-0.3, -0.25) is 0 Å². The highest BCUT2D eigenvalue weighted by molar-refractivity contribution is 9.10. The topological polar surface area (TPSA) is 35.0 Å². The third kappa shape index (κ3) is 3.29. The van der Waals surface area contributed by atoms with Crippen molar-refractivity contribution < 1.29 is 4.74 Å². The third-order valence-corrected chi connectivity index (χ3v) is 3.42. The molecule has 1 heterocycles. The van der Waals surface area contributed by atoms with Gasteiger partial charge < -0.3 is 4.74 Å². The predicted molar refractivity (Wildman–Crippen MR) is 77.7 cm³/mol. The van der Waals surface area contributed by atoms with E-state index in [1.807, 2.05) is 32.0 Å². The van der Waals surface area contributed by atoms with Crippen molar-refractivity contribution in [3.63, 3.8) is 0 Å². The van der Waals surface area contributed by atoms with Gasteiger partial charge in [-0.15, -0.1) is 0 Å². The summed E-state index contributed by atoms with van der Waals surface area (Å²) in [5.41, 5.74) is 1.18. The van der Waals surface area contributed by atoms with Gasteiger partial charge >= 0.3 is 0 Å². The van der Waals surface area contributed by atoms with E-state index >= 15 is 0 Å². The normalized spacial score (nSPS) is 12.2. The molecule has 3 nitrogen and oxygen atoms in total. The van der Waals surface area contributed by atoms with Gasteiger partial charge in [0.15, 0.2) is 11.9 Å². The van der Waals surface area contributed by atoms with Gasteiger partial charge in [-0.05, 0) is 63.4 Å². The van der Waals surface area contributed by atoms with E-state index < -0.39 is 0 Å². The fourth-order valence-electron chi connectivity index (χ4n) is 1.48. The molecule has 0 saturated carbocycles. The summed E-state index contributed by atoms with van der Waals surface area (Å²) in [6.45, 7) is 3.96. The largest absolute Gasteiger partial charge is 0.482 e. The molecular weight excluding hydrogens is 360 g/mol. The van der Waals surface area contributed by atoms with E-state index in [9.17, 15) is 0 Å². The minimum Gasteiger partial charge on any atom is -0.482 e. The number of rotatable bonds is 3. The molecule has 1 atom stereocenters. The van der Waals surface area contributed by atoms with Crippen LogP contribution >= 0.6 is 31.9 Å². The first-order valence-corrected chi connectivity index (χ1v) is 7.05. The first-order chi connectivity index (χ1) is 8.56. The van der Waals surface area contributed by atoms with E-state index in [1.165, 1.54) is 5.56 Å². The van der Waals surface area contributed by atoms with Crippen molar-refractivity contribution in [1.82, 2.24) is 9.97 Å². The summed E-state index contributed by atoms with van der Waals surface area (Å²) in [5, 5.41) is 0. The van der Waals surface area contributed by atoms with E-state index in [2.05, 4.69) is 41.8 Å². The maximum Gasteiger partial charge on any atom is 0.169 e. The molecule has 5 heteroatoms. The Morgan fingerprint density at radius 1 is 1.17 bits per heavy atom. The molecule has 0 amide bonds. The van der Waals surface area contributed by atoms with Crippen LogP contribution in [-0.4, -0.2) is 9.97 Å². The molecule has 0 N–H and O–H groups in total. The number of hydrogen-bond acceptors (Lipinski definition) is 3. The Balaban J connectivity index is 2.15. The summed E-state index contributed by atoms with van der Waals surface area (Å²) < 4.78 is 7.63. The Bertz CT molecular complexity index is 543. The number of benzene rings is 1. The summed E-state index contributed by atoms with van der Waals surface area (Å²) in [5.74, 6) is 1.45. The molecule has 1 aromatic carbocycles. The maximum absolute atomic E-state index is 5.84. The van der Waals surface area contributed by atoms with Gasteiger partial charge in [0.25, 0.3) is 0 Å². The van der Waals surface area contributed by atoms with Gasteiger partial charge in [-0.2, -0.15) is 0 Å². The van der Waals surface area contributed by atoms with Gasteiger partial charge in [0.1, 0.15) is 5.75 Å². The van der Waals surface area contributed by atoms with E-state index in [-0.39, 0.29) is 6.10 Å². The summed E-state index contributed by atoms with van der Waals surface area (Å²) in [4.78, 5) is 8.45. The standard InChI is InChI=1S/C13H12Br2N2O/c1-8-3-4-12(11(15)5-8)18-9(2)13-16-6-10(14)7-17-13/h3-7,9H,1-2H3. The van der Waals surface area contributed by atoms with Crippen LogP contribution in [0, 0.1) is 6.92 Å². The molecule has 0 spiro atoms. The van der Waals surface area contributed by atoms with Gasteiger partial charge in [0, 0.05) is 12.4 Å². The summed E-state index contributed by atoms with van der Waals surface area (Å²) in [6, 6.07) is 5.97. The molecule has 0 saturated heterocycles. The molecule has 94 valence electrons. The number of ether oxygens (including phenoxy) is 1. The van der Waals surface area contributed by atoms with E-state index in [0.29, 0.717) is 5.82 Å². The summed E-state index contributed by atoms with van der Waals surface area (Å²) in [6.07, 6.45) is 3.23. The number of hydrogen-bond donors (Lipinski definition) is 0. The lowest BCUT2D eigenvalue weighted by Crippen LogP contribution is -2.07. The maximum atomic E-state index is 5.84. The smallest absolute Gasteiger partial charge is 0.169 e. The van der Waals surface area contributed by atoms with Crippen molar-refractivity contribution in [2.45, 2.75) is 20.0 Å². The fourth-order valence-corrected chi connectivity index (χ4v) is 2.27. The highest BCUT2D eigenvalue weighted by Gasteiger charge is 2.12. The van der Waals surface area contributed by atoms with Crippen molar-refractivity contribution in [3.05, 3.63) is 50.9 Å². The lowest BCUT2D eigenvalue weighted by molar-refractivity contribution is 0.215. The number of aromatic nitrogens is 2. The quantitative estimate of drug-likeness (QED) is 0.799. The summed E-state index contributed by atoms with van der Waals surface area (Å²) in [7, 11) is 0. The van der Waals surface area contributed by atoms with Crippen LogP contribution in [0.2, 0.25) is 0 Å². The zero-order chi connectivity index (χ0) is 13.1. The first kappa shape index (κ1) is 13.5. The minimum absolute atomic E-state index is 0.197. The molecule has 18 heavy (non-hydrogen) atoms. The second kappa shape index (κ2) is 5.80. The number of halogens is 2. The lowest BCUT2D eigenvalue weighted by Gasteiger charge is -2.14. The van der Waals surface area contributed by atoms with Crippen molar-refractivity contribution in [1.29, 1.82) is 0 Å². The van der Waals surface area contributed by atoms with Crippen LogP contribution in [0.3, 0.4) is 0 Å². The fraction of sp³-hybridized carbons (Fsp3) is 0.231. The van der Waals surface area contributed by atoms with Gasteiger partial charge in [-0.1, -0.05) is 6.07 Å². The van der Waals surface area contributed by atoms with Gasteiger partial charge in [0.05, 0.1) is 8.95 Å². The number of aryl methyl sites for hydroxylation is 1. The first-order valence-electron chi connectivity index (χ1n) is 5.46. The lowest BCUT2D eigenvalue weighted by atomic mass is 10.2. The average molecular weight is 372 g/mol. The van der Waals surface area contributed by atoms with Crippen molar-refractivity contribution in [2.75, 3.05) is 0 Å². The highest BCUT2D eigenvalue weighted by atomic mass is 79.9. The Morgan fingerprint density at radius 2 is 1.83 bits per heavy atom. The van der Waals surface area contributed by atoms with Gasteiger partial charge in [-0.25, -0.2) is 9.97 Å². The molecular formula is C13H12Br2N2O. The van der Waals surface area contributed by atoms with Crippen LogP contribution in [0.15, 0.2) is 39.5 Å². The van der Waals surface area contributed by atoms with Gasteiger partial charge in [0.2, 0.25) is 0 Å². The monoisotopic (exact) mass is 370 g/mol. The molecule has 0 aliphatic rings. The molecule has 0 radical (unpaired) electrons. The number of nitrogens with zero attached hydrogens (tertiary/aromatic N) is 2. The Morgan fingerprint density at radius 3 is 2.44 bits per heavy atom. The molecule has 1 unspecified atom stereocenters. The SMILES string of the molecule is Cc1ccc(OC(C)c2ncc(Br)cn2)c(Br)c1. The molecule has 1 aromatic heterocycles. The second-order valence-corrected chi connectivity index (χ2v) is 5.72. The molecule has 2 aromatic rings. The molecule has 0 bridgehead atoms. The Hall–Kier alpha value is -0.940. The average Bonchev–Trinajstić information content (AvgIpc) is 2.33. The van der Waals surface area contributed by atoms with Crippen LogP contribution in [0.5, 0.6) is 5.75 Å². The van der Waals surface area contributed by atoms with E-state index in [1.54, 1.807) is 12.4 Å². The van der Waals surface area contributed by atoms with Crippen molar-refractivity contribution in [2.24, 2.45) is 0 Å². The Labute approximate surface area is 123 Å². The molecule has 0 aliphatic carbocycles. The molecule has 0 aliphatic heterocycles. The molecule has 0 fully saturated rings. The van der Waals surface area contributed by atoms with Crippen LogP contribution in [0.4, 0.5) is 0 Å². The van der Waals surface area contributed by atoms with E-state index in [0.717, 1.165) is 14.7 Å².